The summed E-state index contributed by atoms with van der Waals surface area (Å²) < 4.78 is 4.37. The molecule has 0 aromatic carbocycles. The molecule has 3 N–H and O–H groups in total. The second kappa shape index (κ2) is 2.27. The van der Waals surface area contributed by atoms with Crippen molar-refractivity contribution in [3.05, 3.63) is 18.0 Å². The first-order chi connectivity index (χ1) is 4.34. The summed E-state index contributed by atoms with van der Waals surface area (Å²) >= 11 is 0. The molecule has 48 valence electrons. The number of rotatable bonds is 1. The van der Waals surface area contributed by atoms with Crippen LogP contribution in [0.3, 0.4) is 0 Å². The normalized spacial score (nSPS) is 9.00. The van der Waals surface area contributed by atoms with E-state index in [1.54, 1.807) is 0 Å². The van der Waals surface area contributed by atoms with Crippen molar-refractivity contribution in [1.29, 1.82) is 0 Å². The molecule has 0 saturated heterocycles. The van der Waals surface area contributed by atoms with Crippen molar-refractivity contribution in [3.8, 4) is 0 Å². The highest BCUT2D eigenvalue weighted by atomic mass is 16.5. The van der Waals surface area contributed by atoms with E-state index in [0.29, 0.717) is 0 Å². The Hall–Kier alpha value is -1.36. The summed E-state index contributed by atoms with van der Waals surface area (Å²) in [5.41, 5.74) is 2.08. The van der Waals surface area contributed by atoms with E-state index >= 15 is 0 Å². The van der Waals surface area contributed by atoms with Gasteiger partial charge < -0.3 is 4.52 Å². The molecule has 0 unspecified atom stereocenters. The van der Waals surface area contributed by atoms with Gasteiger partial charge in [0.05, 0.1) is 0 Å². The minimum Gasteiger partial charge on any atom is -0.364 e. The van der Waals surface area contributed by atoms with Gasteiger partial charge in [-0.2, -0.15) is 0 Å². The van der Waals surface area contributed by atoms with E-state index in [9.17, 15) is 4.79 Å². The Bertz CT molecular complexity index is 194. The van der Waals surface area contributed by atoms with E-state index in [-0.39, 0.29) is 5.69 Å². The lowest BCUT2D eigenvalue weighted by Gasteiger charge is -1.88. The Morgan fingerprint density at radius 2 is 2.67 bits per heavy atom. The van der Waals surface area contributed by atoms with Gasteiger partial charge in [-0.15, -0.1) is 0 Å². The lowest BCUT2D eigenvalue weighted by atomic mass is 10.4. The predicted octanol–water partition coefficient (Wildman–Crippen LogP) is -0.722. The lowest BCUT2D eigenvalue weighted by Crippen LogP contribution is -2.30. The van der Waals surface area contributed by atoms with Gasteiger partial charge >= 0.3 is 0 Å². The highest BCUT2D eigenvalue weighted by Crippen LogP contribution is 1.91. The second-order valence-electron chi connectivity index (χ2n) is 1.36. The number of carbonyl (C=O) groups is 1. The summed E-state index contributed by atoms with van der Waals surface area (Å²) in [7, 11) is 0. The molecule has 5 nitrogen and oxygen atoms in total. The molecule has 1 heterocycles. The Kier molecular flexibility index (Phi) is 1.46. The van der Waals surface area contributed by atoms with Crippen LogP contribution in [0.15, 0.2) is 16.9 Å². The molecule has 0 aliphatic heterocycles. The Labute approximate surface area is 50.8 Å². The van der Waals surface area contributed by atoms with Crippen LogP contribution < -0.4 is 11.3 Å². The van der Waals surface area contributed by atoms with E-state index < -0.39 is 5.91 Å². The predicted molar refractivity (Wildman–Crippen MR) is 28.2 cm³/mol. The van der Waals surface area contributed by atoms with E-state index in [2.05, 4.69) is 9.68 Å². The number of nitrogens with one attached hydrogen (secondary N) is 1. The summed E-state index contributed by atoms with van der Waals surface area (Å²) in [4.78, 5) is 10.5. The average Bonchev–Trinajstić information content (AvgIpc) is 2.37. The molecule has 0 aliphatic rings. The van der Waals surface area contributed by atoms with Gasteiger partial charge in [0.1, 0.15) is 6.26 Å². The molecule has 0 atom stereocenters. The topological polar surface area (TPSA) is 81.1 Å². The molecule has 0 saturated carbocycles. The van der Waals surface area contributed by atoms with Gasteiger partial charge in [-0.25, -0.2) is 5.84 Å². The zero-order chi connectivity index (χ0) is 6.69. The minimum atomic E-state index is -0.455. The lowest BCUT2D eigenvalue weighted by molar-refractivity contribution is 0.0944. The summed E-state index contributed by atoms with van der Waals surface area (Å²) in [6.45, 7) is 0. The van der Waals surface area contributed by atoms with Crippen LogP contribution in [0.5, 0.6) is 0 Å². The van der Waals surface area contributed by atoms with Crippen molar-refractivity contribution in [2.45, 2.75) is 0 Å². The van der Waals surface area contributed by atoms with Gasteiger partial charge in [-0.3, -0.25) is 10.2 Å². The Morgan fingerprint density at radius 1 is 1.89 bits per heavy atom. The van der Waals surface area contributed by atoms with Gasteiger partial charge in [0.15, 0.2) is 5.69 Å². The number of nitrogens with two attached hydrogens (primary N) is 1. The van der Waals surface area contributed by atoms with E-state index in [4.69, 9.17) is 5.84 Å². The molecule has 0 fully saturated rings. The monoisotopic (exact) mass is 127 g/mol. The first-order valence-corrected chi connectivity index (χ1v) is 2.26. The third-order valence-corrected chi connectivity index (χ3v) is 0.802. The van der Waals surface area contributed by atoms with Crippen LogP contribution in [0.25, 0.3) is 0 Å². The molecule has 1 rings (SSSR count). The van der Waals surface area contributed by atoms with Gasteiger partial charge in [0.25, 0.3) is 5.91 Å². The zero-order valence-electron chi connectivity index (χ0n) is 4.50. The first-order valence-electron chi connectivity index (χ1n) is 2.26. The molecule has 1 aromatic heterocycles. The van der Waals surface area contributed by atoms with Gasteiger partial charge in [-0.05, 0) is 0 Å². The van der Waals surface area contributed by atoms with Crippen molar-refractivity contribution in [1.82, 2.24) is 10.6 Å². The standard InChI is InChI=1S/C4H5N3O2/c5-6-4(8)3-1-2-9-7-3/h1-2H,5H2,(H,6,8). The van der Waals surface area contributed by atoms with Crippen molar-refractivity contribution in [3.63, 3.8) is 0 Å². The van der Waals surface area contributed by atoms with Crippen LogP contribution in [0.2, 0.25) is 0 Å². The van der Waals surface area contributed by atoms with Crippen LogP contribution in [-0.2, 0) is 0 Å². The number of hydrazine groups is 1. The average molecular weight is 127 g/mol. The minimum absolute atomic E-state index is 0.178. The van der Waals surface area contributed by atoms with Gasteiger partial charge in [-0.1, -0.05) is 5.16 Å². The third-order valence-electron chi connectivity index (χ3n) is 0.802. The Morgan fingerprint density at radius 3 is 3.11 bits per heavy atom. The maximum Gasteiger partial charge on any atom is 0.287 e. The van der Waals surface area contributed by atoms with Crippen molar-refractivity contribution < 1.29 is 9.32 Å². The zero-order valence-corrected chi connectivity index (χ0v) is 4.50. The molecule has 0 aliphatic carbocycles. The quantitative estimate of drug-likeness (QED) is 0.296. The number of aromatic nitrogens is 1. The van der Waals surface area contributed by atoms with Crippen LogP contribution in [0.1, 0.15) is 10.5 Å². The van der Waals surface area contributed by atoms with Gasteiger partial charge in [0.2, 0.25) is 0 Å². The SMILES string of the molecule is NNC(=O)c1ccon1. The number of hydrogen-bond donors (Lipinski definition) is 2. The molecule has 0 spiro atoms. The maximum absolute atomic E-state index is 10.5. The molecular weight excluding hydrogens is 122 g/mol. The highest BCUT2D eigenvalue weighted by Gasteiger charge is 2.04. The van der Waals surface area contributed by atoms with Crippen LogP contribution in [-0.4, -0.2) is 11.1 Å². The van der Waals surface area contributed by atoms with Gasteiger partial charge in [0, 0.05) is 6.07 Å². The third kappa shape index (κ3) is 1.06. The fourth-order valence-electron chi connectivity index (χ4n) is 0.404. The number of nitrogen functional groups attached to an aromatic ring is 1. The Balaban J connectivity index is 2.77. The molecule has 5 heteroatoms. The first kappa shape index (κ1) is 5.77. The number of amides is 1. The van der Waals surface area contributed by atoms with Crippen LogP contribution >= 0.6 is 0 Å². The summed E-state index contributed by atoms with van der Waals surface area (Å²) in [6.07, 6.45) is 1.30. The fourth-order valence-corrected chi connectivity index (χ4v) is 0.404. The smallest absolute Gasteiger partial charge is 0.287 e. The van der Waals surface area contributed by atoms with E-state index in [1.807, 2.05) is 5.43 Å². The van der Waals surface area contributed by atoms with Crippen LogP contribution in [0.4, 0.5) is 0 Å². The molecule has 1 aromatic rings. The largest absolute Gasteiger partial charge is 0.364 e. The van der Waals surface area contributed by atoms with E-state index in [0.717, 1.165) is 0 Å². The maximum atomic E-state index is 10.5. The molecule has 0 bridgehead atoms. The molecule has 1 amide bonds. The fraction of sp³-hybridized carbons (Fsp3) is 0. The summed E-state index contributed by atoms with van der Waals surface area (Å²) in [5, 5.41) is 3.32. The number of hydrogen-bond acceptors (Lipinski definition) is 4. The van der Waals surface area contributed by atoms with Crippen molar-refractivity contribution in [2.75, 3.05) is 0 Å². The molecule has 0 radical (unpaired) electrons. The summed E-state index contributed by atoms with van der Waals surface area (Å²) in [6, 6.07) is 1.42. The number of nitrogens with zero attached hydrogens (tertiary/aromatic N) is 1. The van der Waals surface area contributed by atoms with E-state index in [1.165, 1.54) is 12.3 Å². The van der Waals surface area contributed by atoms with Crippen LogP contribution in [0, 0.1) is 0 Å². The highest BCUT2D eigenvalue weighted by molar-refractivity contribution is 5.91. The molecular formula is C4H5N3O2. The molecule has 9 heavy (non-hydrogen) atoms. The summed E-state index contributed by atoms with van der Waals surface area (Å²) in [5.74, 6) is 4.33. The second-order valence-corrected chi connectivity index (χ2v) is 1.36. The number of carbonyl (C=O) groups excluding carboxylic acids is 1. The van der Waals surface area contributed by atoms with Crippen molar-refractivity contribution >= 4 is 5.91 Å². The van der Waals surface area contributed by atoms with Crippen molar-refractivity contribution in [2.24, 2.45) is 5.84 Å².